The number of nitrogens with zero attached hydrogens (tertiary/aromatic N) is 3. The summed E-state index contributed by atoms with van der Waals surface area (Å²) in [5.74, 6) is -1.43. The van der Waals surface area contributed by atoms with Gasteiger partial charge in [0.25, 0.3) is 0 Å². The molecule has 0 radical (unpaired) electrons. The van der Waals surface area contributed by atoms with Crippen LogP contribution in [0.15, 0.2) is 82.2 Å². The van der Waals surface area contributed by atoms with Gasteiger partial charge in [0.05, 0.1) is 24.6 Å². The predicted molar refractivity (Wildman–Crippen MR) is 125 cm³/mol. The lowest BCUT2D eigenvalue weighted by molar-refractivity contribution is -0.140. The fourth-order valence-corrected chi connectivity index (χ4v) is 4.69. The Morgan fingerprint density at radius 1 is 1.14 bits per heavy atom. The fourth-order valence-electron chi connectivity index (χ4n) is 3.77. The lowest BCUT2D eigenvalue weighted by Crippen LogP contribution is -2.40. The number of aliphatic imine (C=N–C) groups is 1. The number of pyridine rings is 1. The minimum Gasteiger partial charge on any atom is -0.463 e. The van der Waals surface area contributed by atoms with Crippen molar-refractivity contribution in [3.05, 3.63) is 88.4 Å². The number of allylic oxidation sites excluding steroid dienone is 1. The van der Waals surface area contributed by atoms with Gasteiger partial charge in [-0.15, -0.1) is 0 Å². The van der Waals surface area contributed by atoms with Crippen LogP contribution in [0.4, 0.5) is 13.2 Å². The van der Waals surface area contributed by atoms with Gasteiger partial charge in [0, 0.05) is 24.6 Å². The maximum atomic E-state index is 14.0. The van der Waals surface area contributed by atoms with E-state index in [0.717, 1.165) is 17.3 Å². The number of halogens is 3. The minimum absolute atomic E-state index is 0.0381. The summed E-state index contributed by atoms with van der Waals surface area (Å²) >= 11 is 0.976. The maximum Gasteiger partial charge on any atom is 0.434 e. The third kappa shape index (κ3) is 5.40. The molecule has 1 aromatic carbocycles. The molecule has 11 heteroatoms. The second kappa shape index (κ2) is 10.3. The normalized spacial score (nSPS) is 17.5. The van der Waals surface area contributed by atoms with Crippen molar-refractivity contribution in [3.8, 4) is 0 Å². The Hall–Kier alpha value is -3.60. The van der Waals surface area contributed by atoms with E-state index >= 15 is 0 Å². The van der Waals surface area contributed by atoms with Gasteiger partial charge in [0.2, 0.25) is 5.91 Å². The van der Waals surface area contributed by atoms with Gasteiger partial charge in [-0.05, 0) is 35.6 Å². The molecule has 35 heavy (non-hydrogen) atoms. The van der Waals surface area contributed by atoms with Crippen LogP contribution in [0.25, 0.3) is 0 Å². The lowest BCUT2D eigenvalue weighted by atomic mass is 9.93. The van der Waals surface area contributed by atoms with E-state index in [0.29, 0.717) is 11.3 Å². The zero-order valence-electron chi connectivity index (χ0n) is 18.6. The molecule has 1 aromatic heterocycles. The van der Waals surface area contributed by atoms with Crippen molar-refractivity contribution in [3.63, 3.8) is 0 Å². The standard InChI is InChI=1S/C24H21F3N4O3S/c1-2-34-22(33)19-20(16-6-4-3-5-7-16)31-17(14-35-23(31)30-21(19)24(25,26)27)12-18(32)29-13-15-8-10-28-11-9-15/h3-11,14,20H,2,12-13H2,1H3,(H,29,32). The molecule has 2 aliphatic heterocycles. The summed E-state index contributed by atoms with van der Waals surface area (Å²) in [4.78, 5) is 34.8. The average Bonchev–Trinajstić information content (AvgIpc) is 3.24. The molecular formula is C24H21F3N4O3S. The SMILES string of the molecule is CCOC(=O)C1=C(C(F)(F)F)N=C2SC=C(CC(=O)NCc3ccncc3)N2C1c1ccccc1. The smallest absolute Gasteiger partial charge is 0.434 e. The van der Waals surface area contributed by atoms with Crippen molar-refractivity contribution in [2.75, 3.05) is 6.61 Å². The van der Waals surface area contributed by atoms with Crippen molar-refractivity contribution in [1.29, 1.82) is 0 Å². The van der Waals surface area contributed by atoms with E-state index in [9.17, 15) is 22.8 Å². The Morgan fingerprint density at radius 3 is 2.51 bits per heavy atom. The van der Waals surface area contributed by atoms with Gasteiger partial charge in [-0.25, -0.2) is 9.79 Å². The Kier molecular flexibility index (Phi) is 7.25. The van der Waals surface area contributed by atoms with E-state index in [1.54, 1.807) is 60.3 Å². The molecule has 4 rings (SSSR count). The number of hydrogen-bond acceptors (Lipinski definition) is 7. The highest BCUT2D eigenvalue weighted by Crippen LogP contribution is 2.48. The zero-order chi connectivity index (χ0) is 25.0. The molecule has 0 saturated carbocycles. The molecule has 3 heterocycles. The van der Waals surface area contributed by atoms with Crippen molar-refractivity contribution >= 4 is 28.8 Å². The highest BCUT2D eigenvalue weighted by atomic mass is 32.2. The van der Waals surface area contributed by atoms with E-state index in [2.05, 4.69) is 15.3 Å². The molecule has 2 aromatic rings. The molecule has 1 unspecified atom stereocenters. The zero-order valence-corrected chi connectivity index (χ0v) is 19.4. The number of amides is 1. The van der Waals surface area contributed by atoms with Crippen LogP contribution in [0.2, 0.25) is 0 Å². The van der Waals surface area contributed by atoms with Crippen LogP contribution < -0.4 is 5.32 Å². The summed E-state index contributed by atoms with van der Waals surface area (Å²) < 4.78 is 47.1. The van der Waals surface area contributed by atoms with E-state index in [4.69, 9.17) is 4.74 Å². The minimum atomic E-state index is -4.88. The number of thioether (sulfide) groups is 1. The number of aromatic nitrogens is 1. The van der Waals surface area contributed by atoms with Gasteiger partial charge >= 0.3 is 12.1 Å². The molecule has 1 N–H and O–H groups in total. The predicted octanol–water partition coefficient (Wildman–Crippen LogP) is 4.47. The quantitative estimate of drug-likeness (QED) is 0.563. The monoisotopic (exact) mass is 502 g/mol. The van der Waals surface area contributed by atoms with Gasteiger partial charge < -0.3 is 15.0 Å². The molecule has 1 atom stereocenters. The largest absolute Gasteiger partial charge is 0.463 e. The molecule has 0 fully saturated rings. The number of fused-ring (bicyclic) bond motifs is 1. The first kappa shape index (κ1) is 24.5. The number of ether oxygens (including phenoxy) is 1. The summed E-state index contributed by atoms with van der Waals surface area (Å²) in [7, 11) is 0. The van der Waals surface area contributed by atoms with Crippen LogP contribution in [0, 0.1) is 0 Å². The van der Waals surface area contributed by atoms with Crippen LogP contribution in [-0.4, -0.2) is 39.7 Å². The number of nitrogens with one attached hydrogen (secondary N) is 1. The molecule has 0 aliphatic carbocycles. The number of alkyl halides is 3. The third-order valence-electron chi connectivity index (χ3n) is 5.27. The number of hydrogen-bond donors (Lipinski definition) is 1. The van der Waals surface area contributed by atoms with E-state index < -0.39 is 29.5 Å². The van der Waals surface area contributed by atoms with Crippen LogP contribution in [0.5, 0.6) is 0 Å². The fraction of sp³-hybridized carbons (Fsp3) is 0.250. The van der Waals surface area contributed by atoms with Crippen LogP contribution in [0.1, 0.15) is 30.5 Å². The molecule has 1 amide bonds. The lowest BCUT2D eigenvalue weighted by Gasteiger charge is -2.36. The highest BCUT2D eigenvalue weighted by molar-refractivity contribution is 8.16. The van der Waals surface area contributed by atoms with Gasteiger partial charge in [0.15, 0.2) is 10.9 Å². The first-order chi connectivity index (χ1) is 16.8. The van der Waals surface area contributed by atoms with E-state index in [-0.39, 0.29) is 30.6 Å². The molecular weight excluding hydrogens is 481 g/mol. The van der Waals surface area contributed by atoms with Crippen molar-refractivity contribution in [1.82, 2.24) is 15.2 Å². The van der Waals surface area contributed by atoms with Gasteiger partial charge in [0.1, 0.15) is 0 Å². The molecule has 0 spiro atoms. The number of benzene rings is 1. The average molecular weight is 503 g/mol. The van der Waals surface area contributed by atoms with Gasteiger partial charge in [-0.1, -0.05) is 42.1 Å². The Morgan fingerprint density at radius 2 is 1.86 bits per heavy atom. The summed E-state index contributed by atoms with van der Waals surface area (Å²) in [5, 5.41) is 4.42. The number of amidine groups is 1. The number of rotatable bonds is 7. The summed E-state index contributed by atoms with van der Waals surface area (Å²) in [6, 6.07) is 10.7. The third-order valence-corrected chi connectivity index (χ3v) is 6.16. The summed E-state index contributed by atoms with van der Waals surface area (Å²) in [5.41, 5.74) is -0.179. The highest BCUT2D eigenvalue weighted by Gasteiger charge is 2.49. The number of carbonyl (C=O) groups excluding carboxylic acids is 2. The number of carbonyl (C=O) groups is 2. The Bertz CT molecular complexity index is 1200. The maximum absolute atomic E-state index is 14.0. The van der Waals surface area contributed by atoms with Crippen LogP contribution in [-0.2, 0) is 20.9 Å². The number of esters is 1. The molecule has 2 aliphatic rings. The van der Waals surface area contributed by atoms with E-state index in [1.165, 1.54) is 11.8 Å². The van der Waals surface area contributed by atoms with Crippen molar-refractivity contribution < 1.29 is 27.5 Å². The first-order valence-corrected chi connectivity index (χ1v) is 11.6. The second-order valence-electron chi connectivity index (χ2n) is 7.59. The van der Waals surface area contributed by atoms with Crippen molar-refractivity contribution in [2.24, 2.45) is 4.99 Å². The Balaban J connectivity index is 1.68. The van der Waals surface area contributed by atoms with Gasteiger partial charge in [-0.2, -0.15) is 13.2 Å². The molecule has 182 valence electrons. The molecule has 0 saturated heterocycles. The van der Waals surface area contributed by atoms with Crippen molar-refractivity contribution in [2.45, 2.75) is 32.1 Å². The summed E-state index contributed by atoms with van der Waals surface area (Å²) in [6.45, 7) is 1.70. The second-order valence-corrected chi connectivity index (χ2v) is 8.43. The van der Waals surface area contributed by atoms with E-state index in [1.807, 2.05) is 0 Å². The topological polar surface area (TPSA) is 83.9 Å². The van der Waals surface area contributed by atoms with Crippen LogP contribution in [0.3, 0.4) is 0 Å². The molecule has 7 nitrogen and oxygen atoms in total. The van der Waals surface area contributed by atoms with Gasteiger partial charge in [-0.3, -0.25) is 9.78 Å². The first-order valence-electron chi connectivity index (χ1n) is 10.7. The van der Waals surface area contributed by atoms with Crippen LogP contribution >= 0.6 is 11.8 Å². The summed E-state index contributed by atoms with van der Waals surface area (Å²) in [6.07, 6.45) is -1.77. The molecule has 0 bridgehead atoms. The Labute approximate surface area is 203 Å².